The van der Waals surface area contributed by atoms with E-state index in [1.165, 1.54) is 6.20 Å². The zero-order valence-electron chi connectivity index (χ0n) is 11.5. The summed E-state index contributed by atoms with van der Waals surface area (Å²) in [5.41, 5.74) is 7.67. The van der Waals surface area contributed by atoms with Gasteiger partial charge in [-0.2, -0.15) is 0 Å². The molecular weight excluding hydrogens is 401 g/mol. The van der Waals surface area contributed by atoms with Crippen molar-refractivity contribution in [2.45, 2.75) is 6.04 Å². The predicted molar refractivity (Wildman–Crippen MR) is 72.4 cm³/mol. The number of guanidine groups is 1. The minimum absolute atomic E-state index is 0. The quantitative estimate of drug-likeness (QED) is 0.435. The Kier molecular flexibility index (Phi) is 7.00. The molecule has 0 aromatic carbocycles. The van der Waals surface area contributed by atoms with E-state index in [4.69, 9.17) is 22.1 Å². The van der Waals surface area contributed by atoms with E-state index in [0.717, 1.165) is 5.56 Å². The molecule has 1 saturated heterocycles. The summed E-state index contributed by atoms with van der Waals surface area (Å²) in [6.07, 6.45) is 1.52. The van der Waals surface area contributed by atoms with Gasteiger partial charge in [-0.05, 0) is 17.7 Å². The number of hydrogen-bond acceptors (Lipinski definition) is 6. The van der Waals surface area contributed by atoms with Crippen molar-refractivity contribution in [2.24, 2.45) is 10.7 Å². The Morgan fingerprint density at radius 3 is 3.00 bits per heavy atom. The molecule has 20 heavy (non-hydrogen) atoms. The number of carbonyl (C=O) groups excluding carboxylic acids is 1. The van der Waals surface area contributed by atoms with Crippen molar-refractivity contribution in [2.75, 3.05) is 19.8 Å². The van der Waals surface area contributed by atoms with E-state index in [1.54, 1.807) is 6.07 Å². The molecule has 1 unspecified atom stereocenters. The third-order valence-corrected chi connectivity index (χ3v) is 3.33. The number of halogens is 1. The van der Waals surface area contributed by atoms with Crippen molar-refractivity contribution in [1.29, 1.82) is 0 Å². The fraction of sp³-hybridized carbons (Fsp3) is 0.333. The van der Waals surface area contributed by atoms with Gasteiger partial charge >= 0.3 is 68.9 Å². The number of hydrogen-bond donors (Lipinski definition) is 1. The number of nitrogens with zero attached hydrogens (tertiary/aromatic N) is 3. The van der Waals surface area contributed by atoms with Crippen LogP contribution in [0.4, 0.5) is 5.69 Å². The van der Waals surface area contributed by atoms with Crippen molar-refractivity contribution in [3.8, 4) is 0 Å². The molecule has 2 aliphatic heterocycles. The number of ether oxygens (including phenoxy) is 1. The number of fused-ring (bicyclic) bond motifs is 3. The predicted octanol–water partition coefficient (Wildman–Crippen LogP) is -1.75. The molecule has 0 amide bonds. The molecular formula is C12H14ClCsN4O2. The van der Waals surface area contributed by atoms with Crippen molar-refractivity contribution in [3.63, 3.8) is 0 Å². The van der Waals surface area contributed by atoms with E-state index < -0.39 is 5.24 Å². The van der Waals surface area contributed by atoms with Crippen molar-refractivity contribution >= 4 is 28.5 Å². The Morgan fingerprint density at radius 1 is 1.55 bits per heavy atom. The smallest absolute Gasteiger partial charge is 0.377 e. The number of carbonyl (C=O) groups is 1. The summed E-state index contributed by atoms with van der Waals surface area (Å²) in [5, 5.41) is -0.580. The van der Waals surface area contributed by atoms with Gasteiger partial charge in [-0.15, -0.1) is 0 Å². The normalized spacial score (nSPS) is 19.8. The van der Waals surface area contributed by atoms with Crippen LogP contribution in [0.3, 0.4) is 0 Å². The Balaban J connectivity index is 0.000001000. The van der Waals surface area contributed by atoms with E-state index in [2.05, 4.69) is 9.98 Å². The summed E-state index contributed by atoms with van der Waals surface area (Å²) in [4.78, 5) is 21.4. The van der Waals surface area contributed by atoms with Gasteiger partial charge < -0.3 is 22.8 Å². The average molecular weight is 415 g/mol. The average Bonchev–Trinajstić information content (AvgIpc) is 2.38. The maximum Gasteiger partial charge on any atom is 1.00 e. The van der Waals surface area contributed by atoms with Crippen LogP contribution in [0.1, 0.15) is 22.1 Å². The molecule has 3 heterocycles. The molecule has 0 radical (unpaired) electrons. The number of aliphatic imine (C=N–C) groups is 1. The number of nitrogens with two attached hydrogens (primary N) is 1. The second kappa shape index (κ2) is 7.59. The van der Waals surface area contributed by atoms with Crippen molar-refractivity contribution in [3.05, 3.63) is 30.9 Å². The summed E-state index contributed by atoms with van der Waals surface area (Å²) in [6.45, 7) is 1.82. The van der Waals surface area contributed by atoms with E-state index >= 15 is 0 Å². The maximum atomic E-state index is 11.2. The number of rotatable bonds is 1. The van der Waals surface area contributed by atoms with Gasteiger partial charge in [0.1, 0.15) is 5.69 Å². The molecule has 102 valence electrons. The van der Waals surface area contributed by atoms with Crippen LogP contribution in [0.5, 0.6) is 0 Å². The van der Waals surface area contributed by atoms with Gasteiger partial charge in [0.15, 0.2) is 5.96 Å². The molecule has 2 N–H and O–H groups in total. The standard InChI is InChI=1S/C11H11ClN4O2.CH3.Cs/c12-10(17)7-3-6-8(4-14-7)15-11(13)16-1-2-18-5-9(6)16;;/h3-4,9H,1-2,5H2,(H2,13,15);1H3;/q;-1;+1. The Morgan fingerprint density at radius 2 is 2.30 bits per heavy atom. The summed E-state index contributed by atoms with van der Waals surface area (Å²) >= 11 is 5.44. The molecule has 8 heteroatoms. The van der Waals surface area contributed by atoms with Gasteiger partial charge in [0, 0.05) is 12.1 Å². The molecule has 1 atom stereocenters. The maximum absolute atomic E-state index is 11.2. The Hall–Kier alpha value is 0.392. The molecule has 2 aliphatic rings. The molecule has 0 spiro atoms. The minimum atomic E-state index is -0.580. The summed E-state index contributed by atoms with van der Waals surface area (Å²) in [6, 6.07) is 1.64. The van der Waals surface area contributed by atoms with E-state index in [1.807, 2.05) is 4.90 Å². The van der Waals surface area contributed by atoms with E-state index in [-0.39, 0.29) is 88.1 Å². The summed E-state index contributed by atoms with van der Waals surface area (Å²) in [5.74, 6) is 0.461. The van der Waals surface area contributed by atoms with Gasteiger partial charge in [0.2, 0.25) is 0 Å². The van der Waals surface area contributed by atoms with Crippen LogP contribution >= 0.6 is 11.6 Å². The zero-order chi connectivity index (χ0) is 12.7. The second-order valence-electron chi connectivity index (χ2n) is 4.16. The van der Waals surface area contributed by atoms with Crippen LogP contribution < -0.4 is 74.6 Å². The summed E-state index contributed by atoms with van der Waals surface area (Å²) < 4.78 is 5.45. The van der Waals surface area contributed by atoms with Gasteiger partial charge in [-0.3, -0.25) is 4.79 Å². The van der Waals surface area contributed by atoms with Crippen LogP contribution in [-0.2, 0) is 4.74 Å². The molecule has 1 fully saturated rings. The molecule has 3 rings (SSSR count). The molecule has 6 nitrogen and oxygen atoms in total. The molecule has 0 aliphatic carbocycles. The monoisotopic (exact) mass is 414 g/mol. The molecule has 0 saturated carbocycles. The summed E-state index contributed by atoms with van der Waals surface area (Å²) in [7, 11) is 0. The first-order valence-corrected chi connectivity index (χ1v) is 5.93. The SMILES string of the molecule is NC1=Nc2cnc(C(=O)Cl)cc2C2COCCN12.[CH3-].[Cs+]. The Labute approximate surface area is 181 Å². The fourth-order valence-electron chi connectivity index (χ4n) is 2.25. The first-order chi connectivity index (χ1) is 8.66. The number of aromatic nitrogens is 1. The second-order valence-corrected chi connectivity index (χ2v) is 4.50. The van der Waals surface area contributed by atoms with Crippen LogP contribution in [0.2, 0.25) is 0 Å². The van der Waals surface area contributed by atoms with Gasteiger partial charge in [0.05, 0.1) is 31.1 Å². The topological polar surface area (TPSA) is 80.8 Å². The number of pyridine rings is 1. The third kappa shape index (κ3) is 3.41. The Bertz CT molecular complexity index is 552. The van der Waals surface area contributed by atoms with Crippen LogP contribution in [-0.4, -0.2) is 40.8 Å². The molecule has 1 aromatic heterocycles. The van der Waals surface area contributed by atoms with Gasteiger partial charge in [-0.25, -0.2) is 9.98 Å². The molecule has 1 aromatic rings. The third-order valence-electron chi connectivity index (χ3n) is 3.13. The van der Waals surface area contributed by atoms with Crippen LogP contribution in [0, 0.1) is 7.43 Å². The first-order valence-electron chi connectivity index (χ1n) is 5.55. The van der Waals surface area contributed by atoms with E-state index in [9.17, 15) is 4.79 Å². The first kappa shape index (κ1) is 18.4. The number of morpholine rings is 1. The van der Waals surface area contributed by atoms with Gasteiger partial charge in [0.25, 0.3) is 5.24 Å². The van der Waals surface area contributed by atoms with Crippen molar-refractivity contribution < 1.29 is 78.4 Å². The molecule has 0 bridgehead atoms. The fourth-order valence-corrected chi connectivity index (χ4v) is 2.36. The zero-order valence-corrected chi connectivity index (χ0v) is 18.5. The largest absolute Gasteiger partial charge is 1.00 e. The van der Waals surface area contributed by atoms with Crippen LogP contribution in [0.25, 0.3) is 0 Å². The van der Waals surface area contributed by atoms with E-state index in [0.29, 0.717) is 31.4 Å². The van der Waals surface area contributed by atoms with Crippen molar-refractivity contribution in [1.82, 2.24) is 9.88 Å². The van der Waals surface area contributed by atoms with Crippen LogP contribution in [0.15, 0.2) is 17.3 Å². The van der Waals surface area contributed by atoms with Gasteiger partial charge in [-0.1, -0.05) is 0 Å². The minimum Gasteiger partial charge on any atom is -0.377 e.